The second-order valence-corrected chi connectivity index (χ2v) is 6.79. The summed E-state index contributed by atoms with van der Waals surface area (Å²) in [4.78, 5) is 4.82. The van der Waals surface area contributed by atoms with Gasteiger partial charge in [0.2, 0.25) is 0 Å². The SMILES string of the molecule is CCNC(=NCC1(CCOCC)CC1)NC1CCC(O)CC1. The molecule has 0 amide bonds. The zero-order valence-electron chi connectivity index (χ0n) is 14.2. The number of aliphatic hydroxyl groups is 1. The predicted molar refractivity (Wildman–Crippen MR) is 90.2 cm³/mol. The second-order valence-electron chi connectivity index (χ2n) is 6.79. The van der Waals surface area contributed by atoms with E-state index in [4.69, 9.17) is 9.73 Å². The minimum atomic E-state index is -0.106. The highest BCUT2D eigenvalue weighted by molar-refractivity contribution is 5.80. The Kier molecular flexibility index (Phi) is 6.96. The molecular weight excluding hydrogens is 278 g/mol. The second kappa shape index (κ2) is 8.73. The van der Waals surface area contributed by atoms with Crippen molar-refractivity contribution in [1.82, 2.24) is 10.6 Å². The van der Waals surface area contributed by atoms with E-state index in [0.29, 0.717) is 11.5 Å². The first kappa shape index (κ1) is 17.5. The third kappa shape index (κ3) is 5.76. The van der Waals surface area contributed by atoms with Gasteiger partial charge in [-0.3, -0.25) is 4.99 Å². The van der Waals surface area contributed by atoms with Gasteiger partial charge >= 0.3 is 0 Å². The molecule has 22 heavy (non-hydrogen) atoms. The monoisotopic (exact) mass is 311 g/mol. The highest BCUT2D eigenvalue weighted by Crippen LogP contribution is 2.49. The summed E-state index contributed by atoms with van der Waals surface area (Å²) < 4.78 is 5.49. The molecule has 2 saturated carbocycles. The smallest absolute Gasteiger partial charge is 0.191 e. The Morgan fingerprint density at radius 1 is 1.23 bits per heavy atom. The molecule has 5 nitrogen and oxygen atoms in total. The van der Waals surface area contributed by atoms with Crippen LogP contribution >= 0.6 is 0 Å². The third-order valence-corrected chi connectivity index (χ3v) is 4.89. The van der Waals surface area contributed by atoms with Crippen molar-refractivity contribution in [1.29, 1.82) is 0 Å². The standard InChI is InChI=1S/C17H33N3O2/c1-3-18-16(20-14-5-7-15(21)8-6-14)19-13-17(9-10-17)11-12-22-4-2/h14-15,21H,3-13H2,1-2H3,(H2,18,19,20). The molecule has 0 aromatic carbocycles. The Bertz CT molecular complexity index is 348. The van der Waals surface area contributed by atoms with E-state index in [9.17, 15) is 5.11 Å². The minimum Gasteiger partial charge on any atom is -0.393 e. The summed E-state index contributed by atoms with van der Waals surface area (Å²) in [5.41, 5.74) is 0.389. The van der Waals surface area contributed by atoms with Crippen molar-refractivity contribution in [3.05, 3.63) is 0 Å². The van der Waals surface area contributed by atoms with Gasteiger partial charge in [0.25, 0.3) is 0 Å². The molecule has 0 heterocycles. The van der Waals surface area contributed by atoms with E-state index >= 15 is 0 Å². The number of ether oxygens (including phenoxy) is 1. The van der Waals surface area contributed by atoms with Gasteiger partial charge < -0.3 is 20.5 Å². The van der Waals surface area contributed by atoms with E-state index < -0.39 is 0 Å². The molecule has 3 N–H and O–H groups in total. The van der Waals surface area contributed by atoms with Crippen molar-refractivity contribution in [2.45, 2.75) is 70.9 Å². The number of nitrogens with one attached hydrogen (secondary N) is 2. The summed E-state index contributed by atoms with van der Waals surface area (Å²) in [6.45, 7) is 7.58. The van der Waals surface area contributed by atoms with Crippen LogP contribution in [0.3, 0.4) is 0 Å². The minimum absolute atomic E-state index is 0.106. The average molecular weight is 311 g/mol. The van der Waals surface area contributed by atoms with Crippen molar-refractivity contribution in [3.63, 3.8) is 0 Å². The average Bonchev–Trinajstić information content (AvgIpc) is 3.28. The number of hydrogen-bond donors (Lipinski definition) is 3. The van der Waals surface area contributed by atoms with Crippen LogP contribution in [0.4, 0.5) is 0 Å². The van der Waals surface area contributed by atoms with E-state index in [1.807, 2.05) is 6.92 Å². The Hall–Kier alpha value is -0.810. The van der Waals surface area contributed by atoms with Gasteiger partial charge in [0.1, 0.15) is 0 Å². The van der Waals surface area contributed by atoms with Crippen LogP contribution in [0.5, 0.6) is 0 Å². The normalized spacial score (nSPS) is 27.5. The molecule has 0 saturated heterocycles. The van der Waals surface area contributed by atoms with Crippen molar-refractivity contribution in [2.75, 3.05) is 26.3 Å². The Balaban J connectivity index is 1.79. The van der Waals surface area contributed by atoms with Gasteiger partial charge in [0, 0.05) is 32.3 Å². The van der Waals surface area contributed by atoms with Gasteiger partial charge in [-0.05, 0) is 64.2 Å². The van der Waals surface area contributed by atoms with Crippen LogP contribution in [0.1, 0.15) is 58.8 Å². The molecule has 0 atom stereocenters. The topological polar surface area (TPSA) is 65.9 Å². The number of aliphatic imine (C=N–C) groups is 1. The largest absolute Gasteiger partial charge is 0.393 e. The van der Waals surface area contributed by atoms with Gasteiger partial charge in [-0.2, -0.15) is 0 Å². The van der Waals surface area contributed by atoms with Crippen LogP contribution in [0.15, 0.2) is 4.99 Å². The fourth-order valence-corrected chi connectivity index (χ4v) is 3.08. The summed E-state index contributed by atoms with van der Waals surface area (Å²) >= 11 is 0. The van der Waals surface area contributed by atoms with Crippen molar-refractivity contribution < 1.29 is 9.84 Å². The number of aliphatic hydroxyl groups excluding tert-OH is 1. The molecule has 0 aromatic rings. The maximum absolute atomic E-state index is 9.60. The maximum Gasteiger partial charge on any atom is 0.191 e. The Labute approximate surface area is 134 Å². The molecular formula is C17H33N3O2. The Morgan fingerprint density at radius 3 is 2.55 bits per heavy atom. The van der Waals surface area contributed by atoms with Crippen molar-refractivity contribution in [2.24, 2.45) is 10.4 Å². The van der Waals surface area contributed by atoms with Crippen LogP contribution in [-0.2, 0) is 4.74 Å². The number of guanidine groups is 1. The summed E-state index contributed by atoms with van der Waals surface area (Å²) in [6, 6.07) is 0.444. The molecule has 2 rings (SSSR count). The van der Waals surface area contributed by atoms with Crippen LogP contribution in [-0.4, -0.2) is 49.5 Å². The summed E-state index contributed by atoms with van der Waals surface area (Å²) in [7, 11) is 0. The lowest BCUT2D eigenvalue weighted by Crippen LogP contribution is -2.45. The van der Waals surface area contributed by atoms with Crippen molar-refractivity contribution >= 4 is 5.96 Å². The predicted octanol–water partition coefficient (Wildman–Crippen LogP) is 2.05. The zero-order chi connectivity index (χ0) is 15.8. The summed E-state index contributed by atoms with van der Waals surface area (Å²) in [5, 5.41) is 16.5. The zero-order valence-corrected chi connectivity index (χ0v) is 14.2. The number of nitrogens with zero attached hydrogens (tertiary/aromatic N) is 1. The lowest BCUT2D eigenvalue weighted by Gasteiger charge is -2.28. The fourth-order valence-electron chi connectivity index (χ4n) is 3.08. The number of hydrogen-bond acceptors (Lipinski definition) is 3. The van der Waals surface area contributed by atoms with Crippen LogP contribution in [0.2, 0.25) is 0 Å². The van der Waals surface area contributed by atoms with Gasteiger partial charge in [0.05, 0.1) is 6.10 Å². The third-order valence-electron chi connectivity index (χ3n) is 4.89. The summed E-state index contributed by atoms with van der Waals surface area (Å²) in [6.07, 6.45) is 7.43. The van der Waals surface area contributed by atoms with Gasteiger partial charge in [-0.15, -0.1) is 0 Å². The van der Waals surface area contributed by atoms with Gasteiger partial charge in [-0.1, -0.05) is 0 Å². The van der Waals surface area contributed by atoms with Crippen molar-refractivity contribution in [3.8, 4) is 0 Å². The molecule has 0 aromatic heterocycles. The van der Waals surface area contributed by atoms with Crippen LogP contribution in [0.25, 0.3) is 0 Å². The quantitative estimate of drug-likeness (QED) is 0.365. The van der Waals surface area contributed by atoms with E-state index in [1.165, 1.54) is 12.8 Å². The molecule has 5 heteroatoms. The van der Waals surface area contributed by atoms with E-state index in [0.717, 1.165) is 64.4 Å². The molecule has 0 bridgehead atoms. The molecule has 2 aliphatic carbocycles. The molecule has 128 valence electrons. The Morgan fingerprint density at radius 2 is 1.95 bits per heavy atom. The molecule has 0 aliphatic heterocycles. The van der Waals surface area contributed by atoms with E-state index in [-0.39, 0.29) is 6.10 Å². The number of rotatable bonds is 8. The lowest BCUT2D eigenvalue weighted by atomic mass is 9.93. The highest BCUT2D eigenvalue weighted by Gasteiger charge is 2.41. The van der Waals surface area contributed by atoms with Crippen LogP contribution in [0, 0.1) is 5.41 Å². The first-order valence-corrected chi connectivity index (χ1v) is 8.98. The molecule has 2 fully saturated rings. The molecule has 0 unspecified atom stereocenters. The van der Waals surface area contributed by atoms with E-state index in [2.05, 4.69) is 17.6 Å². The van der Waals surface area contributed by atoms with Gasteiger partial charge in [0.15, 0.2) is 5.96 Å². The first-order valence-electron chi connectivity index (χ1n) is 8.98. The lowest BCUT2D eigenvalue weighted by molar-refractivity contribution is 0.120. The molecule has 0 spiro atoms. The summed E-state index contributed by atoms with van der Waals surface area (Å²) in [5.74, 6) is 0.937. The highest BCUT2D eigenvalue weighted by atomic mass is 16.5. The maximum atomic E-state index is 9.60. The van der Waals surface area contributed by atoms with E-state index in [1.54, 1.807) is 0 Å². The molecule has 2 aliphatic rings. The van der Waals surface area contributed by atoms with Gasteiger partial charge in [-0.25, -0.2) is 0 Å². The first-order chi connectivity index (χ1) is 10.7. The molecule has 0 radical (unpaired) electrons. The van der Waals surface area contributed by atoms with Crippen LogP contribution < -0.4 is 10.6 Å². The fraction of sp³-hybridized carbons (Fsp3) is 0.941.